The maximum Gasteiger partial charge on any atom is 0.341 e. The Morgan fingerprint density at radius 1 is 1.06 bits per heavy atom. The molecule has 4 rings (SSSR count). The predicted molar refractivity (Wildman–Crippen MR) is 130 cm³/mol. The molecule has 4 atom stereocenters. The second kappa shape index (κ2) is 10.4. The minimum absolute atomic E-state index is 0.00886. The normalized spacial score (nSPS) is 22.2. The molecule has 176 valence electrons. The second-order valence-corrected chi connectivity index (χ2v) is 9.01. The van der Waals surface area contributed by atoms with Crippen LogP contribution in [0.4, 0.5) is 4.39 Å². The van der Waals surface area contributed by atoms with E-state index >= 15 is 0 Å². The molecule has 3 aromatic carbocycles. The van der Waals surface area contributed by atoms with E-state index in [1.165, 1.54) is 6.07 Å². The van der Waals surface area contributed by atoms with E-state index in [-0.39, 0.29) is 23.7 Å². The van der Waals surface area contributed by atoms with Crippen molar-refractivity contribution in [2.75, 3.05) is 6.61 Å². The lowest BCUT2D eigenvalue weighted by molar-refractivity contribution is -0.139. The van der Waals surface area contributed by atoms with Crippen LogP contribution in [0.25, 0.3) is 0 Å². The molecule has 0 saturated carbocycles. The number of rotatable bonds is 7. The van der Waals surface area contributed by atoms with E-state index in [9.17, 15) is 9.18 Å². The molecule has 1 aliphatic rings. The number of aliphatic carboxylic acids is 1. The fraction of sp³-hybridized carbons (Fsp3) is 0.250. The third kappa shape index (κ3) is 5.16. The molecule has 1 heterocycles. The fourth-order valence-electron chi connectivity index (χ4n) is 4.63. The number of carboxylic acids is 1. The number of para-hydroxylation sites is 1. The molecule has 1 N–H and O–H groups in total. The highest BCUT2D eigenvalue weighted by Gasteiger charge is 2.41. The molecule has 1 fully saturated rings. The summed E-state index contributed by atoms with van der Waals surface area (Å²) in [5.74, 6) is -2.04. The summed E-state index contributed by atoms with van der Waals surface area (Å²) in [4.78, 5) is 11.1. The summed E-state index contributed by atoms with van der Waals surface area (Å²) in [5.41, 5.74) is 3.45. The lowest BCUT2D eigenvalue weighted by Gasteiger charge is -2.43. The van der Waals surface area contributed by atoms with Gasteiger partial charge in [-0.25, -0.2) is 9.18 Å². The van der Waals surface area contributed by atoms with Gasteiger partial charge in [-0.2, -0.15) is 0 Å². The molecule has 1 aliphatic heterocycles. The molecule has 6 heteroatoms. The molecule has 0 aliphatic carbocycles. The molecule has 34 heavy (non-hydrogen) atoms. The number of halogens is 2. The van der Waals surface area contributed by atoms with E-state index in [1.807, 2.05) is 61.5 Å². The maximum atomic E-state index is 14.8. The van der Waals surface area contributed by atoms with Gasteiger partial charge in [0.05, 0.1) is 12.2 Å². The van der Waals surface area contributed by atoms with E-state index < -0.39 is 24.5 Å². The third-order valence-electron chi connectivity index (χ3n) is 6.24. The SMILES string of the molecule is C=C(C)[C@H]1C[C@H](c2ccc(Cl)cc2)[C@H](c2ccccc2)O[C@@H]1c1cccc(F)c1OCC(=O)O. The number of carboxylic acid groups (broad SMARTS) is 1. The summed E-state index contributed by atoms with van der Waals surface area (Å²) < 4.78 is 26.9. The molecule has 4 nitrogen and oxygen atoms in total. The first-order valence-electron chi connectivity index (χ1n) is 11.1. The van der Waals surface area contributed by atoms with Crippen LogP contribution in [0.2, 0.25) is 5.02 Å². The first kappa shape index (κ1) is 24.0. The van der Waals surface area contributed by atoms with Gasteiger partial charge in [-0.1, -0.05) is 78.4 Å². The van der Waals surface area contributed by atoms with Crippen molar-refractivity contribution in [1.82, 2.24) is 0 Å². The van der Waals surface area contributed by atoms with Crippen LogP contribution in [0.15, 0.2) is 84.9 Å². The highest BCUT2D eigenvalue weighted by atomic mass is 35.5. The van der Waals surface area contributed by atoms with Crippen molar-refractivity contribution in [2.45, 2.75) is 31.5 Å². The van der Waals surface area contributed by atoms with Gasteiger partial charge < -0.3 is 14.6 Å². The highest BCUT2D eigenvalue weighted by molar-refractivity contribution is 6.30. The van der Waals surface area contributed by atoms with E-state index in [1.54, 1.807) is 12.1 Å². The van der Waals surface area contributed by atoms with Crippen molar-refractivity contribution < 1.29 is 23.8 Å². The van der Waals surface area contributed by atoms with Crippen molar-refractivity contribution in [1.29, 1.82) is 0 Å². The van der Waals surface area contributed by atoms with Gasteiger partial charge in [0.2, 0.25) is 0 Å². The van der Waals surface area contributed by atoms with Gasteiger partial charge >= 0.3 is 5.97 Å². The Balaban J connectivity index is 1.79. The van der Waals surface area contributed by atoms with Crippen molar-refractivity contribution in [3.05, 3.63) is 112 Å². The molecular weight excluding hydrogens is 455 g/mol. The van der Waals surface area contributed by atoms with Gasteiger partial charge in [0.15, 0.2) is 18.2 Å². The van der Waals surface area contributed by atoms with Gasteiger partial charge in [-0.15, -0.1) is 0 Å². The van der Waals surface area contributed by atoms with E-state index in [2.05, 4.69) is 6.58 Å². The second-order valence-electron chi connectivity index (χ2n) is 8.58. The fourth-order valence-corrected chi connectivity index (χ4v) is 4.75. The molecule has 0 unspecified atom stereocenters. The Bertz CT molecular complexity index is 1160. The summed E-state index contributed by atoms with van der Waals surface area (Å²) in [5, 5.41) is 9.73. The number of hydrogen-bond acceptors (Lipinski definition) is 3. The van der Waals surface area contributed by atoms with Crippen LogP contribution in [-0.2, 0) is 9.53 Å². The van der Waals surface area contributed by atoms with Crippen LogP contribution in [-0.4, -0.2) is 17.7 Å². The average Bonchev–Trinajstić information content (AvgIpc) is 2.83. The summed E-state index contributed by atoms with van der Waals surface area (Å²) in [6.45, 7) is 5.48. The largest absolute Gasteiger partial charge is 0.479 e. The summed E-state index contributed by atoms with van der Waals surface area (Å²) in [7, 11) is 0. The Hall–Kier alpha value is -3.15. The zero-order valence-corrected chi connectivity index (χ0v) is 19.5. The Kier molecular flexibility index (Phi) is 7.35. The molecule has 0 aromatic heterocycles. The van der Waals surface area contributed by atoms with Crippen molar-refractivity contribution in [3.63, 3.8) is 0 Å². The van der Waals surface area contributed by atoms with Crippen molar-refractivity contribution >= 4 is 17.6 Å². The van der Waals surface area contributed by atoms with Gasteiger partial charge in [0, 0.05) is 22.4 Å². The Labute approximate surface area is 203 Å². The molecular formula is C28H26ClFO4. The molecule has 0 amide bonds. The third-order valence-corrected chi connectivity index (χ3v) is 6.49. The topological polar surface area (TPSA) is 55.8 Å². The van der Waals surface area contributed by atoms with Crippen LogP contribution < -0.4 is 4.74 Å². The summed E-state index contributed by atoms with van der Waals surface area (Å²) >= 11 is 6.13. The van der Waals surface area contributed by atoms with E-state index in [0.29, 0.717) is 17.0 Å². The zero-order valence-electron chi connectivity index (χ0n) is 18.8. The lowest BCUT2D eigenvalue weighted by Crippen LogP contribution is -2.32. The smallest absolute Gasteiger partial charge is 0.341 e. The van der Waals surface area contributed by atoms with Gasteiger partial charge in [0.1, 0.15) is 0 Å². The predicted octanol–water partition coefficient (Wildman–Crippen LogP) is 7.12. The lowest BCUT2D eigenvalue weighted by atomic mass is 9.74. The maximum absolute atomic E-state index is 14.8. The number of carbonyl (C=O) groups is 1. The standard InChI is InChI=1S/C28H26ClFO4/c1-17(2)22-15-23(18-11-13-20(29)14-12-18)26(19-7-4-3-5-8-19)34-27(22)21-9-6-10-24(30)28(21)33-16-25(31)32/h3-14,22-23,26-27H,1,15-16H2,2H3,(H,31,32)/t22-,23-,26+,27-/m1/s1. The first-order chi connectivity index (χ1) is 16.3. The van der Waals surface area contributed by atoms with E-state index in [0.717, 1.165) is 16.7 Å². The number of hydrogen-bond donors (Lipinski definition) is 1. The van der Waals surface area contributed by atoms with Gasteiger partial charge in [-0.05, 0) is 42.7 Å². The van der Waals surface area contributed by atoms with Gasteiger partial charge in [0.25, 0.3) is 0 Å². The van der Waals surface area contributed by atoms with Crippen LogP contribution >= 0.6 is 11.6 Å². The quantitative estimate of drug-likeness (QED) is 0.366. The van der Waals surface area contributed by atoms with Crippen LogP contribution in [0.3, 0.4) is 0 Å². The Morgan fingerprint density at radius 3 is 2.41 bits per heavy atom. The highest BCUT2D eigenvalue weighted by Crippen LogP contribution is 2.53. The number of ether oxygens (including phenoxy) is 2. The minimum atomic E-state index is -1.18. The molecule has 3 aromatic rings. The van der Waals surface area contributed by atoms with Crippen LogP contribution in [0.5, 0.6) is 5.75 Å². The Morgan fingerprint density at radius 2 is 1.76 bits per heavy atom. The van der Waals surface area contributed by atoms with E-state index in [4.69, 9.17) is 26.2 Å². The number of benzene rings is 3. The summed E-state index contributed by atoms with van der Waals surface area (Å²) in [6.07, 6.45) is -0.180. The summed E-state index contributed by atoms with van der Waals surface area (Å²) in [6, 6.07) is 22.2. The van der Waals surface area contributed by atoms with Gasteiger partial charge in [-0.3, -0.25) is 0 Å². The molecule has 0 spiro atoms. The van der Waals surface area contributed by atoms with Crippen LogP contribution in [0, 0.1) is 11.7 Å². The molecule has 1 saturated heterocycles. The monoisotopic (exact) mass is 480 g/mol. The molecule has 0 bridgehead atoms. The zero-order chi connectivity index (χ0) is 24.2. The molecule has 0 radical (unpaired) electrons. The first-order valence-corrected chi connectivity index (χ1v) is 11.5. The van der Waals surface area contributed by atoms with Crippen molar-refractivity contribution in [3.8, 4) is 5.75 Å². The van der Waals surface area contributed by atoms with Crippen molar-refractivity contribution in [2.24, 2.45) is 5.92 Å². The van der Waals surface area contributed by atoms with Crippen LogP contribution in [0.1, 0.15) is 48.2 Å². The average molecular weight is 481 g/mol. The minimum Gasteiger partial charge on any atom is -0.479 e.